The molecule has 0 unspecified atom stereocenters. The molecule has 4 nitrogen and oxygen atoms in total. The zero-order chi connectivity index (χ0) is 18.7. The lowest BCUT2D eigenvalue weighted by atomic mass is 10.0. The van der Waals surface area contributed by atoms with Crippen LogP contribution in [0.15, 0.2) is 51.9 Å². The number of amides is 1. The monoisotopic (exact) mass is 390 g/mol. The number of nitrogens with zero attached hydrogens (tertiary/aromatic N) is 1. The molecule has 3 aromatic rings. The van der Waals surface area contributed by atoms with E-state index >= 15 is 0 Å². The van der Waals surface area contributed by atoms with Gasteiger partial charge in [0.15, 0.2) is 0 Å². The molecule has 0 saturated heterocycles. The molecule has 0 saturated carbocycles. The topological polar surface area (TPSA) is 55.1 Å². The third-order valence-corrected chi connectivity index (χ3v) is 4.96. The fraction of sp³-hybridized carbons (Fsp3) is 0.158. The predicted molar refractivity (Wildman–Crippen MR) is 101 cm³/mol. The van der Waals surface area contributed by atoms with Crippen LogP contribution in [0.5, 0.6) is 0 Å². The molecule has 0 aliphatic heterocycles. The number of aromatic nitrogens is 1. The Morgan fingerprint density at radius 3 is 2.65 bits per heavy atom. The van der Waals surface area contributed by atoms with Crippen molar-refractivity contribution in [3.05, 3.63) is 70.2 Å². The Morgan fingerprint density at radius 2 is 2.00 bits per heavy atom. The highest BCUT2D eigenvalue weighted by Gasteiger charge is 2.25. The number of carbonyl (C=O) groups excluding carboxylic acids is 1. The Labute approximate surface area is 159 Å². The first-order chi connectivity index (χ1) is 12.5. The molecule has 2 aromatic carbocycles. The fourth-order valence-corrected chi connectivity index (χ4v) is 3.21. The molecule has 1 N–H and O–H groups in total. The van der Waals surface area contributed by atoms with Gasteiger partial charge in [-0.1, -0.05) is 35.0 Å². The van der Waals surface area contributed by atoms with E-state index in [0.717, 1.165) is 10.5 Å². The van der Waals surface area contributed by atoms with E-state index < -0.39 is 11.7 Å². The Hall–Kier alpha value is -2.31. The van der Waals surface area contributed by atoms with E-state index in [-0.39, 0.29) is 21.8 Å². The number of halogens is 2. The minimum atomic E-state index is -0.562. The van der Waals surface area contributed by atoms with Gasteiger partial charge >= 0.3 is 0 Å². The number of hydrogen-bond donors (Lipinski definition) is 1. The minimum absolute atomic E-state index is 0.0560. The number of rotatable bonds is 5. The molecule has 0 fully saturated rings. The molecule has 26 heavy (non-hydrogen) atoms. The van der Waals surface area contributed by atoms with E-state index in [4.69, 9.17) is 16.1 Å². The van der Waals surface area contributed by atoms with Crippen LogP contribution in [0.1, 0.15) is 21.7 Å². The van der Waals surface area contributed by atoms with Crippen LogP contribution in [0, 0.1) is 12.7 Å². The second-order valence-corrected chi connectivity index (χ2v) is 6.88. The van der Waals surface area contributed by atoms with Gasteiger partial charge in [0, 0.05) is 11.4 Å². The van der Waals surface area contributed by atoms with E-state index in [1.54, 1.807) is 24.8 Å². The van der Waals surface area contributed by atoms with Crippen molar-refractivity contribution < 1.29 is 13.7 Å². The van der Waals surface area contributed by atoms with Gasteiger partial charge in [0.2, 0.25) is 0 Å². The van der Waals surface area contributed by atoms with Crippen LogP contribution in [0.4, 0.5) is 4.39 Å². The molecular formula is C19H16ClFN2O2S. The first kappa shape index (κ1) is 18.5. The van der Waals surface area contributed by atoms with E-state index in [2.05, 4.69) is 10.5 Å². The van der Waals surface area contributed by atoms with Crippen molar-refractivity contribution in [2.24, 2.45) is 0 Å². The average molecular weight is 391 g/mol. The van der Waals surface area contributed by atoms with Crippen LogP contribution in [0.2, 0.25) is 5.02 Å². The smallest absolute Gasteiger partial charge is 0.257 e. The van der Waals surface area contributed by atoms with E-state index in [0.29, 0.717) is 12.3 Å². The zero-order valence-corrected chi connectivity index (χ0v) is 15.7. The van der Waals surface area contributed by atoms with Gasteiger partial charge in [-0.3, -0.25) is 4.79 Å². The average Bonchev–Trinajstić information content (AvgIpc) is 3.01. The molecular weight excluding hydrogens is 375 g/mol. The maximum atomic E-state index is 14.2. The standard InChI is InChI=1S/C19H16ClFN2O2S/c1-11-16(18(23-25-11)17-14(20)4-3-5-15(17)21)19(24)22-10-12-6-8-13(26-2)9-7-12/h3-9H,10H2,1-2H3,(H,22,24). The molecule has 0 atom stereocenters. The summed E-state index contributed by atoms with van der Waals surface area (Å²) >= 11 is 7.74. The fourth-order valence-electron chi connectivity index (χ4n) is 2.55. The lowest BCUT2D eigenvalue weighted by Crippen LogP contribution is -2.23. The molecule has 7 heteroatoms. The van der Waals surface area contributed by atoms with Crippen LogP contribution in [-0.4, -0.2) is 17.3 Å². The molecule has 1 amide bonds. The number of carbonyl (C=O) groups is 1. The van der Waals surface area contributed by atoms with Gasteiger partial charge < -0.3 is 9.84 Å². The summed E-state index contributed by atoms with van der Waals surface area (Å²) in [6.45, 7) is 1.94. The molecule has 0 radical (unpaired) electrons. The van der Waals surface area contributed by atoms with Crippen LogP contribution in [0.25, 0.3) is 11.3 Å². The number of benzene rings is 2. The SMILES string of the molecule is CSc1ccc(CNC(=O)c2c(-c3c(F)cccc3Cl)noc2C)cc1. The zero-order valence-electron chi connectivity index (χ0n) is 14.2. The summed E-state index contributed by atoms with van der Waals surface area (Å²) in [4.78, 5) is 13.8. The van der Waals surface area contributed by atoms with Crippen LogP contribution >= 0.6 is 23.4 Å². The normalized spacial score (nSPS) is 10.8. The first-order valence-corrected chi connectivity index (χ1v) is 9.43. The summed E-state index contributed by atoms with van der Waals surface area (Å²) in [5.41, 5.74) is 1.29. The van der Waals surface area contributed by atoms with Crippen LogP contribution < -0.4 is 5.32 Å². The lowest BCUT2D eigenvalue weighted by Gasteiger charge is -2.08. The van der Waals surface area contributed by atoms with Gasteiger partial charge in [-0.05, 0) is 43.0 Å². The Balaban J connectivity index is 1.85. The van der Waals surface area contributed by atoms with Gasteiger partial charge in [-0.15, -0.1) is 11.8 Å². The van der Waals surface area contributed by atoms with Gasteiger partial charge in [-0.2, -0.15) is 0 Å². The number of hydrogen-bond acceptors (Lipinski definition) is 4. The van der Waals surface area contributed by atoms with Gasteiger partial charge in [-0.25, -0.2) is 4.39 Å². The van der Waals surface area contributed by atoms with Crippen molar-refractivity contribution in [2.45, 2.75) is 18.4 Å². The Bertz CT molecular complexity index is 921. The van der Waals surface area contributed by atoms with Gasteiger partial charge in [0.1, 0.15) is 22.8 Å². The van der Waals surface area contributed by atoms with Crippen molar-refractivity contribution in [3.8, 4) is 11.3 Å². The molecule has 1 heterocycles. The first-order valence-electron chi connectivity index (χ1n) is 7.83. The van der Waals surface area contributed by atoms with Crippen molar-refractivity contribution in [1.82, 2.24) is 10.5 Å². The molecule has 3 rings (SSSR count). The van der Waals surface area contributed by atoms with Crippen molar-refractivity contribution in [1.29, 1.82) is 0 Å². The molecule has 0 aliphatic rings. The highest BCUT2D eigenvalue weighted by atomic mass is 35.5. The summed E-state index contributed by atoms with van der Waals surface area (Å²) in [6, 6.07) is 12.2. The van der Waals surface area contributed by atoms with Crippen molar-refractivity contribution >= 4 is 29.3 Å². The van der Waals surface area contributed by atoms with Gasteiger partial charge in [0.25, 0.3) is 5.91 Å². The number of aryl methyl sites for hydroxylation is 1. The summed E-state index contributed by atoms with van der Waals surface area (Å²) in [5, 5.41) is 6.83. The van der Waals surface area contributed by atoms with Crippen LogP contribution in [-0.2, 0) is 6.54 Å². The summed E-state index contributed by atoms with van der Waals surface area (Å²) in [7, 11) is 0. The number of nitrogens with one attached hydrogen (secondary N) is 1. The molecule has 1 aromatic heterocycles. The third-order valence-electron chi connectivity index (χ3n) is 3.90. The lowest BCUT2D eigenvalue weighted by molar-refractivity contribution is 0.0950. The Kier molecular flexibility index (Phi) is 5.64. The Morgan fingerprint density at radius 1 is 1.27 bits per heavy atom. The van der Waals surface area contributed by atoms with E-state index in [1.165, 1.54) is 12.1 Å². The van der Waals surface area contributed by atoms with E-state index in [9.17, 15) is 9.18 Å². The summed E-state index contributed by atoms with van der Waals surface area (Å²) in [5.74, 6) is -0.658. The molecule has 0 aliphatic carbocycles. The quantitative estimate of drug-likeness (QED) is 0.616. The maximum Gasteiger partial charge on any atom is 0.257 e. The van der Waals surface area contributed by atoms with Gasteiger partial charge in [0.05, 0.1) is 10.6 Å². The van der Waals surface area contributed by atoms with Crippen molar-refractivity contribution in [2.75, 3.05) is 6.26 Å². The molecule has 0 spiro atoms. The summed E-state index contributed by atoms with van der Waals surface area (Å²) in [6.07, 6.45) is 2.00. The molecule has 134 valence electrons. The van der Waals surface area contributed by atoms with Crippen LogP contribution in [0.3, 0.4) is 0 Å². The second kappa shape index (κ2) is 7.93. The summed E-state index contributed by atoms with van der Waals surface area (Å²) < 4.78 is 19.3. The number of thioether (sulfide) groups is 1. The largest absolute Gasteiger partial charge is 0.360 e. The highest BCUT2D eigenvalue weighted by molar-refractivity contribution is 7.98. The maximum absolute atomic E-state index is 14.2. The minimum Gasteiger partial charge on any atom is -0.360 e. The van der Waals surface area contributed by atoms with E-state index in [1.807, 2.05) is 30.5 Å². The third kappa shape index (κ3) is 3.76. The highest BCUT2D eigenvalue weighted by Crippen LogP contribution is 2.33. The van der Waals surface area contributed by atoms with Crippen molar-refractivity contribution in [3.63, 3.8) is 0 Å². The molecule has 0 bridgehead atoms. The second-order valence-electron chi connectivity index (χ2n) is 5.59. The predicted octanol–water partition coefficient (Wildman–Crippen LogP) is 5.09.